The molecule has 1 saturated heterocycles. The second kappa shape index (κ2) is 19.6. The molecule has 1 aromatic heterocycles. The number of phenolic OH excluding ortho intramolecular Hbond substituents is 4. The first-order valence-corrected chi connectivity index (χ1v) is 24.0. The number of aromatic nitrogens is 1. The zero-order valence-electron chi connectivity index (χ0n) is 39.3. The monoisotopic (exact) mass is 922 g/mol. The minimum absolute atomic E-state index is 0.0491. The van der Waals surface area contributed by atoms with Crippen LogP contribution in [0.25, 0.3) is 33.4 Å². The fourth-order valence-electron chi connectivity index (χ4n) is 10.1. The first-order chi connectivity index (χ1) is 33.6. The molecule has 10 rings (SSSR count). The molecule has 10 nitrogen and oxygen atoms in total. The Morgan fingerprint density at radius 3 is 1.81 bits per heavy atom. The molecule has 69 heavy (non-hydrogen) atoms. The molecule has 3 atom stereocenters. The summed E-state index contributed by atoms with van der Waals surface area (Å²) >= 11 is 0. The van der Waals surface area contributed by atoms with Crippen molar-refractivity contribution in [2.75, 3.05) is 26.3 Å². The molecule has 0 aliphatic carbocycles. The predicted octanol–water partition coefficient (Wildman–Crippen LogP) is 12.8. The van der Waals surface area contributed by atoms with Crippen molar-refractivity contribution in [1.82, 2.24) is 9.47 Å². The minimum Gasteiger partial charge on any atom is -0.508 e. The van der Waals surface area contributed by atoms with Crippen LogP contribution >= 0.6 is 0 Å². The third-order valence-electron chi connectivity index (χ3n) is 13.8. The van der Waals surface area contributed by atoms with E-state index in [0.29, 0.717) is 48.6 Å². The molecule has 3 aliphatic rings. The van der Waals surface area contributed by atoms with E-state index >= 15 is 0 Å². The van der Waals surface area contributed by atoms with Gasteiger partial charge in [-0.3, -0.25) is 4.90 Å². The van der Waals surface area contributed by atoms with Crippen molar-refractivity contribution in [2.24, 2.45) is 0 Å². The Morgan fingerprint density at radius 1 is 0.551 bits per heavy atom. The Hall–Kier alpha value is -7.56. The van der Waals surface area contributed by atoms with Crippen molar-refractivity contribution in [3.05, 3.63) is 179 Å². The lowest BCUT2D eigenvalue weighted by atomic mass is 9.84. The van der Waals surface area contributed by atoms with Gasteiger partial charge in [-0.2, -0.15) is 0 Å². The summed E-state index contributed by atoms with van der Waals surface area (Å²) in [4.78, 5) is 2.54. The number of hydrogen-bond acceptors (Lipinski definition) is 9. The molecule has 0 bridgehead atoms. The van der Waals surface area contributed by atoms with E-state index in [0.717, 1.165) is 80.1 Å². The zero-order valence-corrected chi connectivity index (χ0v) is 39.3. The van der Waals surface area contributed by atoms with Gasteiger partial charge >= 0.3 is 0 Å². The van der Waals surface area contributed by atoms with Gasteiger partial charge in [0.2, 0.25) is 0 Å². The molecule has 6 aromatic carbocycles. The smallest absolute Gasteiger partial charge is 0.150 e. The Bertz CT molecular complexity index is 3040. The van der Waals surface area contributed by atoms with E-state index in [-0.39, 0.29) is 23.0 Å². The maximum Gasteiger partial charge on any atom is 0.150 e. The van der Waals surface area contributed by atoms with Crippen molar-refractivity contribution in [3.8, 4) is 57.1 Å². The summed E-state index contributed by atoms with van der Waals surface area (Å²) in [6, 6.07) is 41.3. The number of fused-ring (bicyclic) bond motifs is 2. The SMILES string of the molecule is CC1=C(c2cc(O)cc(-c3cc(C4Oc5ccc(O)cc5C(C)=C4c4cccc(O)c4)ccc3OCCn3cccc3)c2)C(c2ccc(OCC(C)N3CCCCCC3)cc2)Oc2ccc(O)cc21. The molecule has 4 N–H and O–H groups in total. The summed E-state index contributed by atoms with van der Waals surface area (Å²) in [5.74, 6) is 3.08. The number of phenols is 4. The molecule has 7 aromatic rings. The zero-order chi connectivity index (χ0) is 47.6. The number of benzene rings is 6. The van der Waals surface area contributed by atoms with Crippen LogP contribution in [0.4, 0.5) is 0 Å². The van der Waals surface area contributed by atoms with E-state index in [4.69, 9.17) is 18.9 Å². The molecular weight excluding hydrogens is 865 g/mol. The first-order valence-electron chi connectivity index (χ1n) is 24.0. The Kier molecular flexibility index (Phi) is 12.8. The maximum atomic E-state index is 11.8. The molecule has 1 fully saturated rings. The van der Waals surface area contributed by atoms with Crippen LogP contribution in [0.3, 0.4) is 0 Å². The van der Waals surface area contributed by atoms with Gasteiger partial charge in [-0.05, 0) is 189 Å². The van der Waals surface area contributed by atoms with Crippen LogP contribution in [0, 0.1) is 0 Å². The highest BCUT2D eigenvalue weighted by molar-refractivity contribution is 5.98. The normalized spacial score (nSPS) is 17.6. The van der Waals surface area contributed by atoms with Crippen LogP contribution in [0.5, 0.6) is 46.0 Å². The van der Waals surface area contributed by atoms with Crippen LogP contribution in [-0.2, 0) is 6.54 Å². The number of hydrogen-bond donors (Lipinski definition) is 4. The predicted molar refractivity (Wildman–Crippen MR) is 271 cm³/mol. The Balaban J connectivity index is 1.05. The van der Waals surface area contributed by atoms with Gasteiger partial charge in [0.05, 0.1) is 6.54 Å². The molecule has 0 amide bonds. The van der Waals surface area contributed by atoms with Crippen molar-refractivity contribution >= 4 is 22.3 Å². The Labute approximate surface area is 403 Å². The molecule has 10 heteroatoms. The van der Waals surface area contributed by atoms with Gasteiger partial charge in [0.25, 0.3) is 0 Å². The summed E-state index contributed by atoms with van der Waals surface area (Å²) in [5, 5.41) is 43.6. The molecule has 0 radical (unpaired) electrons. The van der Waals surface area contributed by atoms with Crippen molar-refractivity contribution in [1.29, 1.82) is 0 Å². The van der Waals surface area contributed by atoms with Crippen LogP contribution < -0.4 is 18.9 Å². The summed E-state index contributed by atoms with van der Waals surface area (Å²) in [6.07, 6.45) is 7.85. The molecule has 3 aliphatic heterocycles. The van der Waals surface area contributed by atoms with Gasteiger partial charge in [0.1, 0.15) is 71.4 Å². The summed E-state index contributed by atoms with van der Waals surface area (Å²) < 4.78 is 28.7. The fraction of sp³-hybridized carbons (Fsp3) is 0.254. The number of rotatable bonds is 13. The van der Waals surface area contributed by atoms with Crippen LogP contribution in [0.15, 0.2) is 146 Å². The molecule has 0 spiro atoms. The molecule has 0 saturated carbocycles. The number of likely N-dealkylation sites (tertiary alicyclic amines) is 1. The first kappa shape index (κ1) is 45.2. The van der Waals surface area contributed by atoms with Crippen molar-refractivity contribution in [3.63, 3.8) is 0 Å². The summed E-state index contributed by atoms with van der Waals surface area (Å²) in [6.45, 7) is 10.1. The molecule has 352 valence electrons. The standard InChI is InChI=1S/C59H58N2O8/c1-37(61-25-6-4-5-7-26-61)36-67-49-18-13-40(14-19-49)58-57(39(3)51-35-47(64)16-21-54(51)68-58)44-29-43(31-48(65)32-44)52-33-42(15-20-53(52)66-28-27-60-23-8-9-24-60)59-56(41-11-10-12-45(62)30-41)38(2)50-34-46(63)17-22-55(50)69-59/h8-24,29-35,37,58-59,62-65H,4-7,25-28,36H2,1-3H3. The number of allylic oxidation sites excluding steroid dienone is 2. The fourth-order valence-corrected chi connectivity index (χ4v) is 10.1. The highest BCUT2D eigenvalue weighted by atomic mass is 16.5. The van der Waals surface area contributed by atoms with E-state index in [2.05, 4.69) is 22.5 Å². The van der Waals surface area contributed by atoms with Gasteiger partial charge in [-0.15, -0.1) is 0 Å². The van der Waals surface area contributed by atoms with Gasteiger partial charge in [0, 0.05) is 46.3 Å². The third-order valence-corrected chi connectivity index (χ3v) is 13.8. The molecule has 3 unspecified atom stereocenters. The van der Waals surface area contributed by atoms with Crippen molar-refractivity contribution < 1.29 is 39.4 Å². The molecular formula is C59H58N2O8. The van der Waals surface area contributed by atoms with Gasteiger partial charge in [0.15, 0.2) is 0 Å². The average Bonchev–Trinajstić information content (AvgIpc) is 3.72. The summed E-state index contributed by atoms with van der Waals surface area (Å²) in [7, 11) is 0. The lowest BCUT2D eigenvalue weighted by molar-refractivity contribution is 0.150. The largest absolute Gasteiger partial charge is 0.508 e. The van der Waals surface area contributed by atoms with Crippen molar-refractivity contribution in [2.45, 2.75) is 71.2 Å². The third kappa shape index (κ3) is 9.63. The number of ether oxygens (including phenoxy) is 4. The van der Waals surface area contributed by atoms with Gasteiger partial charge in [-0.1, -0.05) is 43.2 Å². The highest BCUT2D eigenvalue weighted by Gasteiger charge is 2.33. The van der Waals surface area contributed by atoms with Gasteiger partial charge in [-0.25, -0.2) is 0 Å². The summed E-state index contributed by atoms with van der Waals surface area (Å²) in [5.41, 5.74) is 9.63. The van der Waals surface area contributed by atoms with Crippen LogP contribution in [0.2, 0.25) is 0 Å². The number of aromatic hydroxyl groups is 4. The topological polar surface area (TPSA) is 126 Å². The second-order valence-electron chi connectivity index (χ2n) is 18.5. The average molecular weight is 923 g/mol. The van der Waals surface area contributed by atoms with E-state index < -0.39 is 12.2 Å². The quantitative estimate of drug-likeness (QED) is 0.0894. The van der Waals surface area contributed by atoms with E-state index in [1.54, 1.807) is 66.7 Å². The lowest BCUT2D eigenvalue weighted by Crippen LogP contribution is -2.37. The van der Waals surface area contributed by atoms with Gasteiger partial charge < -0.3 is 43.9 Å². The van der Waals surface area contributed by atoms with Crippen LogP contribution in [0.1, 0.15) is 92.0 Å². The highest BCUT2D eigenvalue weighted by Crippen LogP contribution is 2.51. The second-order valence-corrected chi connectivity index (χ2v) is 18.5. The van der Waals surface area contributed by atoms with Crippen LogP contribution in [-0.4, -0.2) is 62.2 Å². The van der Waals surface area contributed by atoms with E-state index in [1.807, 2.05) is 86.9 Å². The Morgan fingerprint density at radius 2 is 1.14 bits per heavy atom. The maximum absolute atomic E-state index is 11.8. The molecule has 4 heterocycles. The van der Waals surface area contributed by atoms with E-state index in [1.165, 1.54) is 25.7 Å². The minimum atomic E-state index is -0.622. The lowest BCUT2D eigenvalue weighted by Gasteiger charge is -2.32. The number of nitrogens with zero attached hydrogens (tertiary/aromatic N) is 2. The van der Waals surface area contributed by atoms with E-state index in [9.17, 15) is 20.4 Å².